The zero-order valence-corrected chi connectivity index (χ0v) is 36.3. The van der Waals surface area contributed by atoms with Gasteiger partial charge in [0.05, 0.1) is 11.0 Å². The second-order valence-corrected chi connectivity index (χ2v) is 17.7. The minimum atomic E-state index is -0.0437. The minimum Gasteiger partial charge on any atom is -0.323 e. The lowest BCUT2D eigenvalue weighted by Gasteiger charge is -2.25. The van der Waals surface area contributed by atoms with Crippen LogP contribution >= 0.6 is 0 Å². The Bertz CT molecular complexity index is 3790. The first kappa shape index (κ1) is 38.0. The van der Waals surface area contributed by atoms with E-state index in [-0.39, 0.29) is 11.8 Å². The molecule has 0 aliphatic rings. The minimum absolute atomic E-state index is 0.0437. The van der Waals surface area contributed by atoms with Crippen molar-refractivity contribution in [3.8, 4) is 11.4 Å². The molecule has 13 aromatic rings. The molecule has 0 amide bonds. The van der Waals surface area contributed by atoms with Crippen molar-refractivity contribution in [1.29, 1.82) is 0 Å². The molecular weight excluding hydrogens is 797 g/mol. The van der Waals surface area contributed by atoms with Gasteiger partial charge in [0.2, 0.25) is 0 Å². The van der Waals surface area contributed by atoms with Gasteiger partial charge >= 0.3 is 0 Å². The van der Waals surface area contributed by atoms with Gasteiger partial charge < -0.3 is 9.13 Å². The van der Waals surface area contributed by atoms with E-state index in [1.165, 1.54) is 98.3 Å². The first-order chi connectivity index (χ1) is 32.7. The van der Waals surface area contributed by atoms with Gasteiger partial charge in [0.25, 0.3) is 0 Å². The lowest BCUT2D eigenvalue weighted by Crippen LogP contribution is -2.10. The number of nitrogens with zero attached hydrogens (tertiary/aromatic N) is 2. The Hall–Kier alpha value is -8.46. The second kappa shape index (κ2) is 15.7. The average molecular weight is 841 g/mol. The van der Waals surface area contributed by atoms with Crippen molar-refractivity contribution in [2.24, 2.45) is 0 Å². The Kier molecular flexibility index (Phi) is 9.02. The van der Waals surface area contributed by atoms with Crippen LogP contribution in [0, 0.1) is 0 Å². The molecule has 2 aromatic heterocycles. The van der Waals surface area contributed by atoms with Gasteiger partial charge in [-0.1, -0.05) is 212 Å². The number of fused-ring (bicyclic) bond motifs is 10. The van der Waals surface area contributed by atoms with Crippen LogP contribution in [0.25, 0.3) is 76.3 Å². The molecule has 2 heterocycles. The monoisotopic (exact) mass is 840 g/mol. The lowest BCUT2D eigenvalue weighted by molar-refractivity contribution is 0.909. The maximum Gasteiger partial charge on any atom is 0.0625 e. The molecule has 2 atom stereocenters. The number of para-hydroxylation sites is 1. The van der Waals surface area contributed by atoms with Crippen molar-refractivity contribution in [3.63, 3.8) is 0 Å². The van der Waals surface area contributed by atoms with Crippen LogP contribution in [0.5, 0.6) is 0 Å². The maximum absolute atomic E-state index is 2.48. The van der Waals surface area contributed by atoms with E-state index < -0.39 is 0 Å². The van der Waals surface area contributed by atoms with E-state index in [0.717, 1.165) is 11.4 Å². The Balaban J connectivity index is 1.12. The van der Waals surface area contributed by atoms with Crippen molar-refractivity contribution in [1.82, 2.24) is 9.13 Å². The Morgan fingerprint density at radius 3 is 1.30 bits per heavy atom. The van der Waals surface area contributed by atoms with Gasteiger partial charge in [0.1, 0.15) is 0 Å². The summed E-state index contributed by atoms with van der Waals surface area (Å²) in [7, 11) is 0. The van der Waals surface area contributed by atoms with E-state index in [2.05, 4.69) is 264 Å². The van der Waals surface area contributed by atoms with E-state index in [4.69, 9.17) is 0 Å². The summed E-state index contributed by atoms with van der Waals surface area (Å²) in [6.07, 6.45) is 4.87. The maximum atomic E-state index is 2.48. The van der Waals surface area contributed by atoms with Gasteiger partial charge in [-0.25, -0.2) is 0 Å². The first-order valence-electron chi connectivity index (χ1n) is 23.0. The molecule has 0 saturated heterocycles. The van der Waals surface area contributed by atoms with Crippen LogP contribution in [-0.4, -0.2) is 9.13 Å². The predicted molar refractivity (Wildman–Crippen MR) is 278 cm³/mol. The van der Waals surface area contributed by atoms with Crippen molar-refractivity contribution < 1.29 is 0 Å². The normalized spacial score (nSPS) is 12.7. The summed E-state index contributed by atoms with van der Waals surface area (Å²) < 4.78 is 4.89. The van der Waals surface area contributed by atoms with Gasteiger partial charge in [-0.05, 0) is 101 Å². The quantitative estimate of drug-likeness (QED) is 0.135. The van der Waals surface area contributed by atoms with E-state index >= 15 is 0 Å². The van der Waals surface area contributed by atoms with Crippen molar-refractivity contribution >= 4 is 64.9 Å². The van der Waals surface area contributed by atoms with E-state index in [9.17, 15) is 0 Å². The van der Waals surface area contributed by atoms with E-state index in [1.54, 1.807) is 0 Å². The van der Waals surface area contributed by atoms with E-state index in [0.29, 0.717) is 0 Å². The molecule has 0 saturated carbocycles. The van der Waals surface area contributed by atoms with Crippen LogP contribution in [-0.2, 0) is 0 Å². The SMILES string of the molecule is c1ccc(C(c2ccc3ccccc3c2)c2cn(-c3ccc4c(c3)c3c5ccccc5c5ccccc5c3n4-c3ccccc3)cc2C(c2ccccc2)c2ccc3ccccc3c2)cc1. The van der Waals surface area contributed by atoms with Gasteiger partial charge in [-0.15, -0.1) is 0 Å². The molecule has 2 unspecified atom stereocenters. The highest BCUT2D eigenvalue weighted by Gasteiger charge is 2.29. The van der Waals surface area contributed by atoms with Crippen molar-refractivity contribution in [3.05, 3.63) is 288 Å². The summed E-state index contributed by atoms with van der Waals surface area (Å²) in [5.74, 6) is -0.0875. The molecule has 2 nitrogen and oxygen atoms in total. The van der Waals surface area contributed by atoms with Crippen LogP contribution in [0.4, 0.5) is 0 Å². The second-order valence-electron chi connectivity index (χ2n) is 17.7. The van der Waals surface area contributed by atoms with Crippen LogP contribution in [0.15, 0.2) is 255 Å². The fraction of sp³-hybridized carbons (Fsp3) is 0.0312. The summed E-state index contributed by atoms with van der Waals surface area (Å²) in [5.41, 5.74) is 12.3. The van der Waals surface area contributed by atoms with Gasteiger partial charge in [0.15, 0.2) is 0 Å². The highest BCUT2D eigenvalue weighted by Crippen LogP contribution is 2.46. The van der Waals surface area contributed by atoms with Gasteiger partial charge in [-0.3, -0.25) is 0 Å². The molecule has 2 heteroatoms. The first-order valence-corrected chi connectivity index (χ1v) is 23.0. The zero-order chi connectivity index (χ0) is 43.6. The Morgan fingerprint density at radius 2 is 0.742 bits per heavy atom. The van der Waals surface area contributed by atoms with Gasteiger partial charge in [-0.2, -0.15) is 0 Å². The number of hydrogen-bond donors (Lipinski definition) is 0. The highest BCUT2D eigenvalue weighted by atomic mass is 15.0. The van der Waals surface area contributed by atoms with Crippen LogP contribution in [0.1, 0.15) is 45.2 Å². The number of benzene rings is 11. The third-order valence-corrected chi connectivity index (χ3v) is 13.9. The smallest absolute Gasteiger partial charge is 0.0625 e. The fourth-order valence-electron chi connectivity index (χ4n) is 11.0. The average Bonchev–Trinajstić information content (AvgIpc) is 3.97. The fourth-order valence-corrected chi connectivity index (χ4v) is 11.0. The predicted octanol–water partition coefficient (Wildman–Crippen LogP) is 16.5. The number of hydrogen-bond acceptors (Lipinski definition) is 0. The molecule has 0 aliphatic carbocycles. The number of rotatable bonds is 8. The van der Waals surface area contributed by atoms with Gasteiger partial charge in [0, 0.05) is 51.8 Å². The summed E-state index contributed by atoms with van der Waals surface area (Å²) in [6, 6.07) is 89.5. The Morgan fingerprint density at radius 1 is 0.288 bits per heavy atom. The zero-order valence-electron chi connectivity index (χ0n) is 36.3. The highest BCUT2D eigenvalue weighted by molar-refractivity contribution is 6.32. The molecule has 310 valence electrons. The molecule has 0 spiro atoms. The molecule has 11 aromatic carbocycles. The molecule has 13 rings (SSSR count). The van der Waals surface area contributed by atoms with E-state index in [1.807, 2.05) is 0 Å². The molecule has 0 aliphatic heterocycles. The standard InChI is InChI=1S/C64H44N2/c1-4-20-45(21-5-1)61(49-34-32-43-18-10-12-24-47(43)38-49)58-41-65(42-59(58)62(46-22-6-2-7-23-46)50-35-33-44-19-11-13-25-48(44)39-50)52-36-37-60-57(40-52)63-55-30-16-14-28-53(55)54-29-15-17-31-56(54)64(63)66(60)51-26-8-3-9-27-51/h1-42,61-62H. The summed E-state index contributed by atoms with van der Waals surface area (Å²) in [6.45, 7) is 0. The molecule has 66 heavy (non-hydrogen) atoms. The molecule has 0 N–H and O–H groups in total. The summed E-state index contributed by atoms with van der Waals surface area (Å²) in [5, 5.41) is 12.5. The van der Waals surface area contributed by atoms with Crippen LogP contribution < -0.4 is 0 Å². The van der Waals surface area contributed by atoms with Crippen LogP contribution in [0.2, 0.25) is 0 Å². The molecule has 0 fully saturated rings. The third-order valence-electron chi connectivity index (χ3n) is 13.9. The lowest BCUT2D eigenvalue weighted by atomic mass is 9.78. The summed E-state index contributed by atoms with van der Waals surface area (Å²) >= 11 is 0. The molecule has 0 bridgehead atoms. The largest absolute Gasteiger partial charge is 0.323 e. The molecular formula is C64H44N2. The number of aromatic nitrogens is 2. The van der Waals surface area contributed by atoms with Crippen molar-refractivity contribution in [2.45, 2.75) is 11.8 Å². The van der Waals surface area contributed by atoms with Crippen LogP contribution in [0.3, 0.4) is 0 Å². The topological polar surface area (TPSA) is 9.86 Å². The Labute approximate surface area is 383 Å². The third kappa shape index (κ3) is 6.25. The van der Waals surface area contributed by atoms with Crippen molar-refractivity contribution in [2.75, 3.05) is 0 Å². The summed E-state index contributed by atoms with van der Waals surface area (Å²) in [4.78, 5) is 0. The molecule has 0 radical (unpaired) electrons.